The first-order valence-electron chi connectivity index (χ1n) is 7.04. The van der Waals surface area contributed by atoms with Crippen molar-refractivity contribution in [1.82, 2.24) is 8.61 Å². The zero-order valence-electron chi connectivity index (χ0n) is 11.5. The normalized spacial score (nSPS) is 25.7. The molecule has 1 aliphatic carbocycles. The lowest BCUT2D eigenvalue weighted by Gasteiger charge is -2.36. The minimum Gasteiger partial charge on any atom is -0.388 e. The van der Waals surface area contributed by atoms with E-state index in [4.69, 9.17) is 11.1 Å². The van der Waals surface area contributed by atoms with Gasteiger partial charge in [0.15, 0.2) is 0 Å². The highest BCUT2D eigenvalue weighted by atomic mass is 32.2. The fraction of sp³-hybridized carbons (Fsp3) is 0.917. The third kappa shape index (κ3) is 3.46. The molecule has 1 unspecified atom stereocenters. The van der Waals surface area contributed by atoms with Gasteiger partial charge in [0.05, 0.1) is 5.84 Å². The topological polar surface area (TPSA) is 90.5 Å². The molecule has 0 spiro atoms. The van der Waals surface area contributed by atoms with Gasteiger partial charge in [-0.1, -0.05) is 6.42 Å². The van der Waals surface area contributed by atoms with Crippen LogP contribution in [0.2, 0.25) is 0 Å². The second-order valence-electron chi connectivity index (χ2n) is 5.58. The van der Waals surface area contributed by atoms with Crippen molar-refractivity contribution in [3.8, 4) is 0 Å². The van der Waals surface area contributed by atoms with E-state index in [-0.39, 0.29) is 17.9 Å². The van der Waals surface area contributed by atoms with Crippen LogP contribution >= 0.6 is 0 Å². The first kappa shape index (κ1) is 14.7. The van der Waals surface area contributed by atoms with Crippen LogP contribution in [0.25, 0.3) is 0 Å². The van der Waals surface area contributed by atoms with Crippen molar-refractivity contribution in [3.05, 3.63) is 0 Å². The molecule has 0 aromatic carbocycles. The molecule has 1 saturated heterocycles. The average molecular weight is 288 g/mol. The number of hydrogen-bond donors (Lipinski definition) is 2. The smallest absolute Gasteiger partial charge is 0.282 e. The van der Waals surface area contributed by atoms with E-state index in [1.165, 1.54) is 0 Å². The summed E-state index contributed by atoms with van der Waals surface area (Å²) in [5, 5.41) is 7.28. The molecule has 2 rings (SSSR count). The van der Waals surface area contributed by atoms with Crippen LogP contribution in [0.4, 0.5) is 0 Å². The quantitative estimate of drug-likeness (QED) is 0.562. The van der Waals surface area contributed by atoms with Crippen LogP contribution < -0.4 is 5.73 Å². The van der Waals surface area contributed by atoms with E-state index in [9.17, 15) is 8.42 Å². The third-order valence-corrected chi connectivity index (χ3v) is 6.10. The molecule has 1 heterocycles. The standard InChI is InChI=1S/C12H24N4O2S/c1-10-4-2-3-8-15(10)19(17,18)16(11-5-6-11)9-7-12(13)14/h10-11H,2-9H2,1H3,(H3,13,14). The van der Waals surface area contributed by atoms with Crippen molar-refractivity contribution < 1.29 is 8.42 Å². The molecule has 0 aromatic heterocycles. The lowest BCUT2D eigenvalue weighted by molar-refractivity contribution is 0.243. The maximum Gasteiger partial charge on any atom is 0.282 e. The molecule has 2 fully saturated rings. The van der Waals surface area contributed by atoms with E-state index in [1.807, 2.05) is 6.92 Å². The largest absolute Gasteiger partial charge is 0.388 e. The van der Waals surface area contributed by atoms with Crippen molar-refractivity contribution >= 4 is 16.0 Å². The van der Waals surface area contributed by atoms with Gasteiger partial charge in [0.25, 0.3) is 10.2 Å². The van der Waals surface area contributed by atoms with Crippen LogP contribution in [0, 0.1) is 5.41 Å². The molecule has 110 valence electrons. The summed E-state index contributed by atoms with van der Waals surface area (Å²) >= 11 is 0. The van der Waals surface area contributed by atoms with Crippen LogP contribution in [0.1, 0.15) is 45.4 Å². The molecule has 2 aliphatic rings. The Morgan fingerprint density at radius 2 is 2.05 bits per heavy atom. The van der Waals surface area contributed by atoms with E-state index in [1.54, 1.807) is 8.61 Å². The maximum absolute atomic E-state index is 12.7. The molecule has 1 saturated carbocycles. The van der Waals surface area contributed by atoms with Crippen molar-refractivity contribution in [2.24, 2.45) is 5.73 Å². The van der Waals surface area contributed by atoms with Crippen molar-refractivity contribution in [2.75, 3.05) is 13.1 Å². The molecule has 1 aliphatic heterocycles. The summed E-state index contributed by atoms with van der Waals surface area (Å²) in [5.74, 6) is 0.0487. The van der Waals surface area contributed by atoms with Crippen LogP contribution in [0.5, 0.6) is 0 Å². The Morgan fingerprint density at radius 3 is 2.58 bits per heavy atom. The van der Waals surface area contributed by atoms with Gasteiger partial charge in [-0.05, 0) is 32.6 Å². The highest BCUT2D eigenvalue weighted by Crippen LogP contribution is 2.32. The Morgan fingerprint density at radius 1 is 1.37 bits per heavy atom. The molecule has 0 radical (unpaired) electrons. The molecule has 0 aromatic rings. The predicted octanol–water partition coefficient (Wildman–Crippen LogP) is 0.896. The molecular weight excluding hydrogens is 264 g/mol. The second-order valence-corrected chi connectivity index (χ2v) is 7.41. The number of nitrogens with one attached hydrogen (secondary N) is 1. The predicted molar refractivity (Wildman–Crippen MR) is 75.2 cm³/mol. The summed E-state index contributed by atoms with van der Waals surface area (Å²) in [7, 11) is -3.39. The van der Waals surface area contributed by atoms with Gasteiger partial charge >= 0.3 is 0 Å². The lowest BCUT2D eigenvalue weighted by Crippen LogP contribution is -2.51. The number of nitrogens with two attached hydrogens (primary N) is 1. The van der Waals surface area contributed by atoms with Crippen LogP contribution in [0.15, 0.2) is 0 Å². The molecule has 7 heteroatoms. The average Bonchev–Trinajstić information content (AvgIpc) is 3.13. The van der Waals surface area contributed by atoms with E-state index in [0.717, 1.165) is 32.1 Å². The van der Waals surface area contributed by atoms with Gasteiger partial charge in [0.2, 0.25) is 0 Å². The number of hydrogen-bond acceptors (Lipinski definition) is 3. The number of rotatable bonds is 6. The van der Waals surface area contributed by atoms with Crippen LogP contribution in [0.3, 0.4) is 0 Å². The molecule has 3 N–H and O–H groups in total. The summed E-state index contributed by atoms with van der Waals surface area (Å²) < 4.78 is 28.7. The van der Waals surface area contributed by atoms with Crippen molar-refractivity contribution in [2.45, 2.75) is 57.5 Å². The maximum atomic E-state index is 12.7. The molecular formula is C12H24N4O2S. The molecule has 6 nitrogen and oxygen atoms in total. The van der Waals surface area contributed by atoms with Gasteiger partial charge < -0.3 is 5.73 Å². The first-order chi connectivity index (χ1) is 8.93. The van der Waals surface area contributed by atoms with Gasteiger partial charge in [0.1, 0.15) is 0 Å². The summed E-state index contributed by atoms with van der Waals surface area (Å²) in [5.41, 5.74) is 5.36. The van der Waals surface area contributed by atoms with E-state index < -0.39 is 10.2 Å². The highest BCUT2D eigenvalue weighted by molar-refractivity contribution is 7.86. The van der Waals surface area contributed by atoms with Crippen molar-refractivity contribution in [1.29, 1.82) is 5.41 Å². The lowest BCUT2D eigenvalue weighted by atomic mass is 10.1. The van der Waals surface area contributed by atoms with Crippen LogP contribution in [-0.4, -0.2) is 48.0 Å². The van der Waals surface area contributed by atoms with Gasteiger partial charge in [-0.3, -0.25) is 5.41 Å². The summed E-state index contributed by atoms with van der Waals surface area (Å²) in [6.07, 6.45) is 5.15. The highest BCUT2D eigenvalue weighted by Gasteiger charge is 2.42. The third-order valence-electron chi connectivity index (χ3n) is 3.89. The monoisotopic (exact) mass is 288 g/mol. The number of piperidine rings is 1. The minimum atomic E-state index is -3.39. The summed E-state index contributed by atoms with van der Waals surface area (Å²) in [4.78, 5) is 0. The Labute approximate surface area is 115 Å². The Bertz CT molecular complexity index is 433. The fourth-order valence-corrected chi connectivity index (χ4v) is 4.73. The SMILES string of the molecule is CC1CCCCN1S(=O)(=O)N(CCC(=N)N)C1CC1. The first-order valence-corrected chi connectivity index (χ1v) is 8.44. The second kappa shape index (κ2) is 5.76. The minimum absolute atomic E-state index is 0.0487. The van der Waals surface area contributed by atoms with Crippen LogP contribution in [-0.2, 0) is 10.2 Å². The Balaban J connectivity index is 2.11. The molecule has 19 heavy (non-hydrogen) atoms. The summed E-state index contributed by atoms with van der Waals surface area (Å²) in [6.45, 7) is 2.94. The zero-order chi connectivity index (χ0) is 14.0. The Kier molecular flexibility index (Phi) is 4.47. The van der Waals surface area contributed by atoms with Crippen molar-refractivity contribution in [3.63, 3.8) is 0 Å². The van der Waals surface area contributed by atoms with Gasteiger partial charge in [-0.25, -0.2) is 0 Å². The van der Waals surface area contributed by atoms with E-state index >= 15 is 0 Å². The number of nitrogens with zero attached hydrogens (tertiary/aromatic N) is 2. The molecule has 1 atom stereocenters. The summed E-state index contributed by atoms with van der Waals surface area (Å²) in [6, 6.07) is 0.204. The zero-order valence-corrected chi connectivity index (χ0v) is 12.3. The van der Waals surface area contributed by atoms with Gasteiger partial charge in [-0.15, -0.1) is 0 Å². The fourth-order valence-electron chi connectivity index (χ4n) is 2.63. The van der Waals surface area contributed by atoms with E-state index in [2.05, 4.69) is 0 Å². The Hall–Kier alpha value is -0.660. The molecule has 0 bridgehead atoms. The van der Waals surface area contributed by atoms with Gasteiger partial charge in [-0.2, -0.15) is 17.0 Å². The van der Waals surface area contributed by atoms with Gasteiger partial charge in [0, 0.05) is 31.6 Å². The molecule has 0 amide bonds. The van der Waals surface area contributed by atoms with E-state index in [0.29, 0.717) is 19.5 Å². The number of amidine groups is 1.